The van der Waals surface area contributed by atoms with Crippen LogP contribution in [0.5, 0.6) is 5.75 Å². The van der Waals surface area contributed by atoms with Crippen LogP contribution in [0.15, 0.2) is 36.5 Å². The molecule has 25 heavy (non-hydrogen) atoms. The van der Waals surface area contributed by atoms with Crippen molar-refractivity contribution in [2.24, 2.45) is 0 Å². The highest BCUT2D eigenvalue weighted by Gasteiger charge is 2.10. The topological polar surface area (TPSA) is 111 Å². The van der Waals surface area contributed by atoms with E-state index in [1.807, 2.05) is 0 Å². The normalized spacial score (nSPS) is 10.3. The van der Waals surface area contributed by atoms with E-state index in [9.17, 15) is 14.4 Å². The molecule has 1 amide bonds. The van der Waals surface area contributed by atoms with Crippen LogP contribution in [-0.4, -0.2) is 39.7 Å². The Morgan fingerprint density at radius 2 is 1.88 bits per heavy atom. The van der Waals surface area contributed by atoms with Crippen LogP contribution in [0.4, 0.5) is 5.82 Å². The smallest absolute Gasteiger partial charge is 0.325 e. The summed E-state index contributed by atoms with van der Waals surface area (Å²) in [6, 6.07) is 8.33. The highest BCUT2D eigenvalue weighted by molar-refractivity contribution is 5.96. The SMILES string of the molecule is COc1ccc(C(=O)CCCC(=O)Nc2ccn(CC(=O)O)n2)cc1. The van der Waals surface area contributed by atoms with Crippen LogP contribution in [0.2, 0.25) is 0 Å². The zero-order chi connectivity index (χ0) is 18.2. The Labute approximate surface area is 144 Å². The lowest BCUT2D eigenvalue weighted by atomic mass is 10.1. The largest absolute Gasteiger partial charge is 0.497 e. The van der Waals surface area contributed by atoms with Crippen LogP contribution >= 0.6 is 0 Å². The van der Waals surface area contributed by atoms with Gasteiger partial charge in [0, 0.05) is 30.7 Å². The first-order valence-electron chi connectivity index (χ1n) is 7.70. The van der Waals surface area contributed by atoms with Gasteiger partial charge >= 0.3 is 5.97 Å². The van der Waals surface area contributed by atoms with E-state index in [0.717, 1.165) is 0 Å². The monoisotopic (exact) mass is 345 g/mol. The lowest BCUT2D eigenvalue weighted by molar-refractivity contribution is -0.137. The number of carbonyl (C=O) groups excluding carboxylic acids is 2. The molecule has 0 saturated heterocycles. The summed E-state index contributed by atoms with van der Waals surface area (Å²) >= 11 is 0. The number of ether oxygens (including phenoxy) is 1. The Hall–Kier alpha value is -3.16. The Morgan fingerprint density at radius 3 is 2.52 bits per heavy atom. The van der Waals surface area contributed by atoms with Gasteiger partial charge in [-0.15, -0.1) is 0 Å². The predicted octanol–water partition coefficient (Wildman–Crippen LogP) is 1.97. The summed E-state index contributed by atoms with van der Waals surface area (Å²) in [5.74, 6) is -0.367. The Kier molecular flexibility index (Phi) is 6.27. The summed E-state index contributed by atoms with van der Waals surface area (Å²) in [6.07, 6.45) is 2.31. The zero-order valence-electron chi connectivity index (χ0n) is 13.8. The second kappa shape index (κ2) is 8.62. The van der Waals surface area contributed by atoms with Crippen molar-refractivity contribution < 1.29 is 24.2 Å². The number of hydrogen-bond donors (Lipinski definition) is 2. The van der Waals surface area contributed by atoms with Crippen molar-refractivity contribution in [1.82, 2.24) is 9.78 Å². The first-order chi connectivity index (χ1) is 12.0. The number of methoxy groups -OCH3 is 1. The maximum atomic E-state index is 12.0. The molecule has 0 aliphatic rings. The van der Waals surface area contributed by atoms with E-state index in [0.29, 0.717) is 17.7 Å². The van der Waals surface area contributed by atoms with Crippen LogP contribution in [0.25, 0.3) is 0 Å². The fourth-order valence-corrected chi connectivity index (χ4v) is 2.19. The van der Waals surface area contributed by atoms with Gasteiger partial charge in [-0.2, -0.15) is 5.10 Å². The number of anilines is 1. The second-order valence-corrected chi connectivity index (χ2v) is 5.35. The number of benzene rings is 1. The van der Waals surface area contributed by atoms with Crippen molar-refractivity contribution in [3.63, 3.8) is 0 Å². The summed E-state index contributed by atoms with van der Waals surface area (Å²) in [7, 11) is 1.56. The molecule has 132 valence electrons. The molecule has 1 aromatic carbocycles. The quantitative estimate of drug-likeness (QED) is 0.672. The fourth-order valence-electron chi connectivity index (χ4n) is 2.19. The molecule has 0 aliphatic heterocycles. The number of nitrogens with zero attached hydrogens (tertiary/aromatic N) is 2. The summed E-state index contributed by atoms with van der Waals surface area (Å²) < 4.78 is 6.25. The minimum atomic E-state index is -1.02. The molecule has 2 N–H and O–H groups in total. The van der Waals surface area contributed by atoms with E-state index in [1.54, 1.807) is 31.4 Å². The van der Waals surface area contributed by atoms with E-state index in [1.165, 1.54) is 16.9 Å². The molecule has 2 aromatic rings. The Bertz CT molecular complexity index is 752. The molecular weight excluding hydrogens is 326 g/mol. The van der Waals surface area contributed by atoms with Gasteiger partial charge in [-0.05, 0) is 30.7 Å². The molecule has 0 unspecified atom stereocenters. The summed E-state index contributed by atoms with van der Waals surface area (Å²) in [5, 5.41) is 15.2. The molecule has 0 saturated carbocycles. The molecule has 8 nitrogen and oxygen atoms in total. The number of aliphatic carboxylic acids is 1. The van der Waals surface area contributed by atoms with Crippen molar-refractivity contribution in [3.05, 3.63) is 42.1 Å². The van der Waals surface area contributed by atoms with Crippen molar-refractivity contribution in [1.29, 1.82) is 0 Å². The minimum Gasteiger partial charge on any atom is -0.497 e. The van der Waals surface area contributed by atoms with Gasteiger partial charge in [-0.3, -0.25) is 19.1 Å². The number of ketones is 1. The second-order valence-electron chi connectivity index (χ2n) is 5.35. The third-order valence-electron chi connectivity index (χ3n) is 3.43. The molecule has 8 heteroatoms. The third kappa shape index (κ3) is 5.76. The lowest BCUT2D eigenvalue weighted by Crippen LogP contribution is -2.14. The van der Waals surface area contributed by atoms with Gasteiger partial charge in [0.25, 0.3) is 0 Å². The number of aromatic nitrogens is 2. The minimum absolute atomic E-state index is 0.0406. The molecule has 0 aliphatic carbocycles. The lowest BCUT2D eigenvalue weighted by Gasteiger charge is -2.04. The van der Waals surface area contributed by atoms with Gasteiger partial charge in [0.05, 0.1) is 7.11 Å². The van der Waals surface area contributed by atoms with E-state index < -0.39 is 5.97 Å². The fraction of sp³-hybridized carbons (Fsp3) is 0.294. The molecule has 1 heterocycles. The molecule has 0 radical (unpaired) electrons. The maximum absolute atomic E-state index is 12.0. The molecule has 2 rings (SSSR count). The number of hydrogen-bond acceptors (Lipinski definition) is 5. The van der Waals surface area contributed by atoms with Crippen molar-refractivity contribution in [3.8, 4) is 5.75 Å². The first kappa shape index (κ1) is 18.2. The number of carboxylic acids is 1. The standard InChI is InChI=1S/C17H19N3O5/c1-25-13-7-5-12(6-8-13)14(21)3-2-4-16(22)18-15-9-10-20(19-15)11-17(23)24/h5-10H,2-4,11H2,1H3,(H,23,24)(H,18,19,22). The Balaban J connectivity index is 1.75. The number of nitrogens with one attached hydrogen (secondary N) is 1. The van der Waals surface area contributed by atoms with Crippen LogP contribution in [0.1, 0.15) is 29.6 Å². The van der Waals surface area contributed by atoms with Crippen molar-refractivity contribution in [2.45, 2.75) is 25.8 Å². The molecule has 0 atom stereocenters. The van der Waals surface area contributed by atoms with Gasteiger partial charge in [-0.1, -0.05) is 0 Å². The number of carboxylic acid groups (broad SMARTS) is 1. The van der Waals surface area contributed by atoms with Gasteiger partial charge in [-0.25, -0.2) is 0 Å². The average molecular weight is 345 g/mol. The average Bonchev–Trinajstić information content (AvgIpc) is 3.00. The number of Topliss-reactive ketones (excluding diaryl/α,β-unsaturated/α-hetero) is 1. The number of rotatable bonds is 9. The summed E-state index contributed by atoms with van der Waals surface area (Å²) in [5.41, 5.74) is 0.577. The molecular formula is C17H19N3O5. The van der Waals surface area contributed by atoms with Gasteiger partial charge in [0.15, 0.2) is 11.6 Å². The van der Waals surface area contributed by atoms with E-state index in [4.69, 9.17) is 9.84 Å². The number of amides is 1. The molecule has 0 fully saturated rings. The van der Waals surface area contributed by atoms with E-state index in [-0.39, 0.29) is 36.9 Å². The van der Waals surface area contributed by atoms with E-state index in [2.05, 4.69) is 10.4 Å². The van der Waals surface area contributed by atoms with E-state index >= 15 is 0 Å². The summed E-state index contributed by atoms with van der Waals surface area (Å²) in [4.78, 5) is 34.5. The highest BCUT2D eigenvalue weighted by atomic mass is 16.5. The van der Waals surface area contributed by atoms with Gasteiger partial charge in [0.1, 0.15) is 12.3 Å². The first-order valence-corrected chi connectivity index (χ1v) is 7.70. The van der Waals surface area contributed by atoms with Crippen LogP contribution in [0.3, 0.4) is 0 Å². The maximum Gasteiger partial charge on any atom is 0.325 e. The van der Waals surface area contributed by atoms with Crippen molar-refractivity contribution in [2.75, 3.05) is 12.4 Å². The van der Waals surface area contributed by atoms with Gasteiger partial charge < -0.3 is 15.2 Å². The third-order valence-corrected chi connectivity index (χ3v) is 3.43. The predicted molar refractivity (Wildman–Crippen MR) is 89.7 cm³/mol. The molecule has 1 aromatic heterocycles. The van der Waals surface area contributed by atoms with Crippen LogP contribution < -0.4 is 10.1 Å². The molecule has 0 spiro atoms. The Morgan fingerprint density at radius 1 is 1.16 bits per heavy atom. The van der Waals surface area contributed by atoms with Crippen LogP contribution in [0, 0.1) is 0 Å². The summed E-state index contributed by atoms with van der Waals surface area (Å²) in [6.45, 7) is -0.272. The van der Waals surface area contributed by atoms with Crippen molar-refractivity contribution >= 4 is 23.5 Å². The van der Waals surface area contributed by atoms with Gasteiger partial charge in [0.2, 0.25) is 5.91 Å². The molecule has 0 bridgehead atoms. The van der Waals surface area contributed by atoms with Crippen LogP contribution in [-0.2, 0) is 16.1 Å². The number of carbonyl (C=O) groups is 3. The zero-order valence-corrected chi connectivity index (χ0v) is 13.8. The highest BCUT2D eigenvalue weighted by Crippen LogP contribution is 2.14.